The molecule has 1 aromatic carbocycles. The van der Waals surface area contributed by atoms with Crippen molar-refractivity contribution in [3.63, 3.8) is 0 Å². The molecule has 0 aliphatic carbocycles. The molecule has 8 heteroatoms. The molecular formula is C17H20N2O5S. The van der Waals surface area contributed by atoms with Crippen LogP contribution >= 0.6 is 12.6 Å². The third-order valence-corrected chi connectivity index (χ3v) is 3.86. The first-order valence-corrected chi connectivity index (χ1v) is 8.43. The van der Waals surface area contributed by atoms with Gasteiger partial charge in [-0.15, -0.1) is 0 Å². The van der Waals surface area contributed by atoms with Crippen LogP contribution in [0, 0.1) is 6.92 Å². The SMILES string of the molecule is CCOC(=O)[C@H](CS)NC(=O)CNc1ccc2c(C)cc(=O)oc2c1. The summed E-state index contributed by atoms with van der Waals surface area (Å²) >= 11 is 4.04. The lowest BCUT2D eigenvalue weighted by Gasteiger charge is -2.15. The standard InChI is InChI=1S/C17H20N2O5S/c1-3-23-17(22)13(9-25)19-15(20)8-18-11-4-5-12-10(2)6-16(21)24-14(12)7-11/h4-7,13,18,25H,3,8-9H2,1-2H3,(H,19,20)/t13-/m0/s1. The summed E-state index contributed by atoms with van der Waals surface area (Å²) in [5.41, 5.74) is 1.46. The van der Waals surface area contributed by atoms with Crippen LogP contribution in [0.4, 0.5) is 5.69 Å². The molecule has 0 saturated heterocycles. The summed E-state index contributed by atoms with van der Waals surface area (Å²) in [7, 11) is 0. The van der Waals surface area contributed by atoms with Crippen molar-refractivity contribution in [3.05, 3.63) is 40.2 Å². The topological polar surface area (TPSA) is 97.6 Å². The first-order valence-electron chi connectivity index (χ1n) is 7.79. The van der Waals surface area contributed by atoms with Crippen LogP contribution in [0.1, 0.15) is 12.5 Å². The number of esters is 1. The monoisotopic (exact) mass is 364 g/mol. The average Bonchev–Trinajstić information content (AvgIpc) is 2.57. The maximum atomic E-state index is 12.0. The molecule has 0 bridgehead atoms. The van der Waals surface area contributed by atoms with Gasteiger partial charge in [-0.25, -0.2) is 9.59 Å². The van der Waals surface area contributed by atoms with Crippen LogP contribution in [-0.2, 0) is 14.3 Å². The Hall–Kier alpha value is -2.48. The summed E-state index contributed by atoms with van der Waals surface area (Å²) in [5.74, 6) is -0.753. The van der Waals surface area contributed by atoms with Crippen molar-refractivity contribution < 1.29 is 18.7 Å². The van der Waals surface area contributed by atoms with Crippen LogP contribution in [0.25, 0.3) is 11.0 Å². The Bertz CT molecular complexity index is 833. The molecule has 25 heavy (non-hydrogen) atoms. The van der Waals surface area contributed by atoms with Crippen LogP contribution in [0.2, 0.25) is 0 Å². The summed E-state index contributed by atoms with van der Waals surface area (Å²) in [5, 5.41) is 6.30. The molecule has 1 amide bonds. The van der Waals surface area contributed by atoms with Crippen LogP contribution in [-0.4, -0.2) is 36.8 Å². The molecule has 0 fully saturated rings. The number of ether oxygens (including phenoxy) is 1. The van der Waals surface area contributed by atoms with E-state index in [1.807, 2.05) is 13.0 Å². The minimum Gasteiger partial charge on any atom is -0.464 e. The number of nitrogens with one attached hydrogen (secondary N) is 2. The highest BCUT2D eigenvalue weighted by molar-refractivity contribution is 7.80. The fraction of sp³-hybridized carbons (Fsp3) is 0.353. The van der Waals surface area contributed by atoms with Gasteiger partial charge >= 0.3 is 11.6 Å². The van der Waals surface area contributed by atoms with E-state index < -0.39 is 17.6 Å². The Labute approximate surface area is 150 Å². The van der Waals surface area contributed by atoms with Gasteiger partial charge in [0.25, 0.3) is 0 Å². The maximum Gasteiger partial charge on any atom is 0.336 e. The fourth-order valence-electron chi connectivity index (χ4n) is 2.28. The number of thiol groups is 1. The first kappa shape index (κ1) is 18.9. The molecule has 0 radical (unpaired) electrons. The fourth-order valence-corrected chi connectivity index (χ4v) is 2.52. The van der Waals surface area contributed by atoms with E-state index in [0.717, 1.165) is 10.9 Å². The maximum absolute atomic E-state index is 12.0. The Morgan fingerprint density at radius 2 is 2.08 bits per heavy atom. The average molecular weight is 364 g/mol. The molecule has 2 aromatic rings. The van der Waals surface area contributed by atoms with E-state index in [0.29, 0.717) is 11.3 Å². The number of fused-ring (bicyclic) bond motifs is 1. The second-order valence-electron chi connectivity index (χ2n) is 5.37. The largest absolute Gasteiger partial charge is 0.464 e. The van der Waals surface area contributed by atoms with Gasteiger partial charge in [0, 0.05) is 29.0 Å². The van der Waals surface area contributed by atoms with Gasteiger partial charge in [0.1, 0.15) is 11.6 Å². The number of hydrogen-bond acceptors (Lipinski definition) is 7. The quantitative estimate of drug-likeness (QED) is 0.391. The van der Waals surface area contributed by atoms with Crippen molar-refractivity contribution in [2.75, 3.05) is 24.2 Å². The molecule has 7 nitrogen and oxygen atoms in total. The molecule has 134 valence electrons. The van der Waals surface area contributed by atoms with Crippen molar-refractivity contribution in [2.24, 2.45) is 0 Å². The highest BCUT2D eigenvalue weighted by Gasteiger charge is 2.20. The van der Waals surface area contributed by atoms with Crippen LogP contribution in [0.3, 0.4) is 0 Å². The summed E-state index contributed by atoms with van der Waals surface area (Å²) in [6.07, 6.45) is 0. The van der Waals surface area contributed by atoms with E-state index in [9.17, 15) is 14.4 Å². The van der Waals surface area contributed by atoms with Crippen molar-refractivity contribution in [2.45, 2.75) is 19.9 Å². The molecule has 0 aliphatic heterocycles. The van der Waals surface area contributed by atoms with Crippen molar-refractivity contribution >= 4 is 41.2 Å². The molecular weight excluding hydrogens is 344 g/mol. The number of aryl methyl sites for hydroxylation is 1. The van der Waals surface area contributed by atoms with Crippen LogP contribution in [0.5, 0.6) is 0 Å². The van der Waals surface area contributed by atoms with E-state index in [2.05, 4.69) is 23.3 Å². The van der Waals surface area contributed by atoms with E-state index in [1.165, 1.54) is 6.07 Å². The lowest BCUT2D eigenvalue weighted by molar-refractivity contribution is -0.146. The zero-order valence-corrected chi connectivity index (χ0v) is 14.9. The van der Waals surface area contributed by atoms with Crippen LogP contribution < -0.4 is 16.3 Å². The summed E-state index contributed by atoms with van der Waals surface area (Å²) in [6, 6.07) is 5.87. The van der Waals surface area contributed by atoms with E-state index in [-0.39, 0.29) is 24.8 Å². The van der Waals surface area contributed by atoms with Gasteiger partial charge in [0.05, 0.1) is 13.2 Å². The highest BCUT2D eigenvalue weighted by atomic mass is 32.1. The Morgan fingerprint density at radius 3 is 2.76 bits per heavy atom. The van der Waals surface area contributed by atoms with E-state index >= 15 is 0 Å². The molecule has 0 aliphatic rings. The Balaban J connectivity index is 2.00. The highest BCUT2D eigenvalue weighted by Crippen LogP contribution is 2.20. The van der Waals surface area contributed by atoms with Gasteiger partial charge in [-0.1, -0.05) is 0 Å². The minimum atomic E-state index is -0.796. The molecule has 1 aromatic heterocycles. The van der Waals surface area contributed by atoms with Crippen molar-refractivity contribution in [3.8, 4) is 0 Å². The van der Waals surface area contributed by atoms with Crippen molar-refractivity contribution in [1.82, 2.24) is 5.32 Å². The van der Waals surface area contributed by atoms with Gasteiger partial charge < -0.3 is 19.8 Å². The summed E-state index contributed by atoms with van der Waals surface area (Å²) in [4.78, 5) is 35.1. The second kappa shape index (κ2) is 8.57. The van der Waals surface area contributed by atoms with Crippen LogP contribution in [0.15, 0.2) is 33.5 Å². The molecule has 1 atom stereocenters. The van der Waals surface area contributed by atoms with E-state index in [1.54, 1.807) is 19.1 Å². The molecule has 2 N–H and O–H groups in total. The minimum absolute atomic E-state index is 0.0504. The molecule has 0 unspecified atom stereocenters. The summed E-state index contributed by atoms with van der Waals surface area (Å²) in [6.45, 7) is 3.70. The number of carbonyl (C=O) groups is 2. The van der Waals surface area contributed by atoms with Gasteiger partial charge in [0.2, 0.25) is 5.91 Å². The number of hydrogen-bond donors (Lipinski definition) is 3. The Kier molecular flexibility index (Phi) is 6.46. The van der Waals surface area contributed by atoms with Gasteiger partial charge in [-0.3, -0.25) is 4.79 Å². The molecule has 0 spiro atoms. The smallest absolute Gasteiger partial charge is 0.336 e. The van der Waals surface area contributed by atoms with Gasteiger partial charge in [-0.2, -0.15) is 12.6 Å². The number of amides is 1. The molecule has 0 saturated carbocycles. The van der Waals surface area contributed by atoms with Crippen molar-refractivity contribution in [1.29, 1.82) is 0 Å². The third kappa shape index (κ3) is 4.99. The Morgan fingerprint density at radius 1 is 1.32 bits per heavy atom. The van der Waals surface area contributed by atoms with Gasteiger partial charge in [0.15, 0.2) is 0 Å². The predicted octanol–water partition coefficient (Wildman–Crippen LogP) is 1.49. The zero-order valence-electron chi connectivity index (χ0n) is 14.0. The molecule has 2 rings (SSSR count). The number of anilines is 1. The molecule has 1 heterocycles. The number of rotatable bonds is 7. The summed E-state index contributed by atoms with van der Waals surface area (Å²) < 4.78 is 10.0. The number of benzene rings is 1. The lowest BCUT2D eigenvalue weighted by atomic mass is 10.1. The van der Waals surface area contributed by atoms with Gasteiger partial charge in [-0.05, 0) is 31.5 Å². The first-order chi connectivity index (χ1) is 11.9. The lowest BCUT2D eigenvalue weighted by Crippen LogP contribution is -2.45. The third-order valence-electron chi connectivity index (χ3n) is 3.49. The zero-order chi connectivity index (χ0) is 18.4. The second-order valence-corrected chi connectivity index (χ2v) is 5.73. The predicted molar refractivity (Wildman–Crippen MR) is 98.1 cm³/mol. The number of carbonyl (C=O) groups excluding carboxylic acids is 2. The van der Waals surface area contributed by atoms with E-state index in [4.69, 9.17) is 9.15 Å². The normalized spacial score (nSPS) is 11.8.